The van der Waals surface area contributed by atoms with E-state index in [9.17, 15) is 0 Å². The van der Waals surface area contributed by atoms with Crippen LogP contribution < -0.4 is 12.4 Å². The van der Waals surface area contributed by atoms with E-state index in [1.165, 1.54) is 0 Å². The average Bonchev–Trinajstić information content (AvgIpc) is 2.93. The Bertz CT molecular complexity index is 730. The summed E-state index contributed by atoms with van der Waals surface area (Å²) in [4.78, 5) is 3.29. The van der Waals surface area contributed by atoms with E-state index in [0.717, 1.165) is 16.9 Å². The van der Waals surface area contributed by atoms with Crippen molar-refractivity contribution in [2.75, 3.05) is 0 Å². The van der Waals surface area contributed by atoms with Crippen molar-refractivity contribution in [3.05, 3.63) is 71.7 Å². The van der Waals surface area contributed by atoms with E-state index in [-0.39, 0.29) is 12.4 Å². The van der Waals surface area contributed by atoms with Gasteiger partial charge in [-0.15, -0.1) is 0 Å². The number of diazo groups is 1. The molecule has 0 fully saturated rings. The predicted molar refractivity (Wildman–Crippen MR) is 73.7 cm³/mol. The molecule has 1 heterocycles. The molecular weight excluding hydrogens is 272 g/mol. The highest BCUT2D eigenvalue weighted by Crippen LogP contribution is 2.26. The van der Waals surface area contributed by atoms with Gasteiger partial charge in [0.2, 0.25) is 0 Å². The molecule has 20 heavy (non-hydrogen) atoms. The Balaban J connectivity index is 0.00000147. The van der Waals surface area contributed by atoms with Crippen molar-refractivity contribution in [2.45, 2.75) is 0 Å². The van der Waals surface area contributed by atoms with Crippen LogP contribution in [0, 0.1) is 5.39 Å². The van der Waals surface area contributed by atoms with Gasteiger partial charge in [-0.2, -0.15) is 0 Å². The van der Waals surface area contributed by atoms with E-state index in [4.69, 9.17) is 5.39 Å². The smallest absolute Gasteiger partial charge is 0.452 e. The van der Waals surface area contributed by atoms with Crippen LogP contribution in [0.2, 0.25) is 0 Å². The average molecular weight is 283 g/mol. The van der Waals surface area contributed by atoms with E-state index >= 15 is 0 Å². The first kappa shape index (κ1) is 13.8. The quantitative estimate of drug-likeness (QED) is 0.659. The standard InChI is InChI=1S/C15H11N4.ClH/c16-17-15-11-14(12-7-3-1-4-8-12)18-19(15)13-9-5-2-6-10-13;/h1-11H;1H/q+1;/p-1. The highest BCUT2D eigenvalue weighted by Gasteiger charge is 2.20. The molecule has 0 unspecified atom stereocenters. The van der Waals surface area contributed by atoms with Crippen molar-refractivity contribution in [3.63, 3.8) is 0 Å². The molecule has 0 radical (unpaired) electrons. The topological polar surface area (TPSA) is 46.0 Å². The molecule has 2 aromatic carbocycles. The highest BCUT2D eigenvalue weighted by molar-refractivity contribution is 5.64. The fourth-order valence-electron chi connectivity index (χ4n) is 1.95. The second kappa shape index (κ2) is 6.00. The van der Waals surface area contributed by atoms with Crippen LogP contribution in [-0.2, 0) is 0 Å². The van der Waals surface area contributed by atoms with Crippen molar-refractivity contribution in [2.24, 2.45) is 0 Å². The van der Waals surface area contributed by atoms with Crippen molar-refractivity contribution in [1.29, 1.82) is 5.39 Å². The Kier molecular flexibility index (Phi) is 4.14. The van der Waals surface area contributed by atoms with Crippen LogP contribution in [0.25, 0.3) is 21.9 Å². The largest absolute Gasteiger partial charge is 1.00 e. The normalized spacial score (nSPS) is 9.55. The molecule has 0 aliphatic carbocycles. The maximum atomic E-state index is 9.10. The number of hydrogen-bond donors (Lipinski definition) is 0. The number of para-hydroxylation sites is 1. The maximum Gasteiger partial charge on any atom is 0.452 e. The van der Waals surface area contributed by atoms with Crippen LogP contribution in [0.15, 0.2) is 66.7 Å². The van der Waals surface area contributed by atoms with E-state index in [1.54, 1.807) is 10.7 Å². The first-order valence-corrected chi connectivity index (χ1v) is 5.94. The van der Waals surface area contributed by atoms with Crippen molar-refractivity contribution >= 4 is 5.82 Å². The third-order valence-electron chi connectivity index (χ3n) is 2.86. The van der Waals surface area contributed by atoms with Gasteiger partial charge in [0.15, 0.2) is 5.69 Å². The summed E-state index contributed by atoms with van der Waals surface area (Å²) in [6.07, 6.45) is 0. The van der Waals surface area contributed by atoms with Crippen LogP contribution in [0.5, 0.6) is 0 Å². The first-order chi connectivity index (χ1) is 9.38. The van der Waals surface area contributed by atoms with Crippen LogP contribution in [0.1, 0.15) is 0 Å². The lowest BCUT2D eigenvalue weighted by Gasteiger charge is -1.93. The zero-order valence-corrected chi connectivity index (χ0v) is 11.3. The molecule has 0 bridgehead atoms. The molecule has 3 rings (SSSR count). The first-order valence-electron chi connectivity index (χ1n) is 5.94. The molecule has 0 saturated heterocycles. The van der Waals surface area contributed by atoms with Crippen molar-refractivity contribution in [3.8, 4) is 16.9 Å². The van der Waals surface area contributed by atoms with Gasteiger partial charge < -0.3 is 12.4 Å². The summed E-state index contributed by atoms with van der Waals surface area (Å²) in [5.74, 6) is 0.407. The molecule has 98 valence electrons. The van der Waals surface area contributed by atoms with Gasteiger partial charge in [0.25, 0.3) is 0 Å². The Morgan fingerprint density at radius 3 is 2.10 bits per heavy atom. The second-order valence-corrected chi connectivity index (χ2v) is 4.10. The van der Waals surface area contributed by atoms with Gasteiger partial charge in [-0.25, -0.2) is 0 Å². The van der Waals surface area contributed by atoms with E-state index in [1.807, 2.05) is 60.7 Å². The van der Waals surface area contributed by atoms with Crippen LogP contribution in [0.3, 0.4) is 0 Å². The maximum absolute atomic E-state index is 9.10. The van der Waals surface area contributed by atoms with E-state index in [2.05, 4.69) is 10.1 Å². The van der Waals surface area contributed by atoms with Crippen molar-refractivity contribution in [1.82, 2.24) is 9.78 Å². The molecule has 0 aliphatic rings. The fraction of sp³-hybridized carbons (Fsp3) is 0. The summed E-state index contributed by atoms with van der Waals surface area (Å²) in [7, 11) is 0. The molecular formula is C15H11ClN4. The molecule has 3 aromatic rings. The predicted octanol–water partition coefficient (Wildman–Crippen LogP) is 1.03. The summed E-state index contributed by atoms with van der Waals surface area (Å²) in [6.45, 7) is 0. The Morgan fingerprint density at radius 1 is 0.900 bits per heavy atom. The minimum Gasteiger partial charge on any atom is -1.00 e. The van der Waals surface area contributed by atoms with Gasteiger partial charge in [-0.3, -0.25) is 0 Å². The summed E-state index contributed by atoms with van der Waals surface area (Å²) < 4.78 is 1.61. The minimum atomic E-state index is 0. The lowest BCUT2D eigenvalue weighted by molar-refractivity contribution is -0.00000402. The fourth-order valence-corrected chi connectivity index (χ4v) is 1.95. The van der Waals surface area contributed by atoms with E-state index in [0.29, 0.717) is 5.82 Å². The summed E-state index contributed by atoms with van der Waals surface area (Å²) in [6, 6.07) is 21.1. The van der Waals surface area contributed by atoms with E-state index < -0.39 is 0 Å². The third kappa shape index (κ3) is 2.53. The van der Waals surface area contributed by atoms with Gasteiger partial charge >= 0.3 is 5.82 Å². The highest BCUT2D eigenvalue weighted by atomic mass is 35.5. The number of halogens is 1. The number of aromatic nitrogens is 2. The zero-order chi connectivity index (χ0) is 13.1. The number of benzene rings is 2. The van der Waals surface area contributed by atoms with Crippen LogP contribution in [0.4, 0.5) is 5.82 Å². The molecule has 0 atom stereocenters. The monoisotopic (exact) mass is 282 g/mol. The minimum absolute atomic E-state index is 0. The molecule has 5 heteroatoms. The second-order valence-electron chi connectivity index (χ2n) is 4.10. The Labute approximate surface area is 122 Å². The molecule has 1 aromatic heterocycles. The van der Waals surface area contributed by atoms with Crippen LogP contribution in [-0.4, -0.2) is 9.78 Å². The number of hydrogen-bond acceptors (Lipinski definition) is 2. The lowest BCUT2D eigenvalue weighted by Crippen LogP contribution is -3.00. The van der Waals surface area contributed by atoms with Gasteiger partial charge in [0.1, 0.15) is 5.69 Å². The summed E-state index contributed by atoms with van der Waals surface area (Å²) in [5, 5.41) is 13.6. The van der Waals surface area contributed by atoms with Crippen LogP contribution >= 0.6 is 0 Å². The van der Waals surface area contributed by atoms with Gasteiger partial charge in [-0.05, 0) is 12.1 Å². The molecule has 0 spiro atoms. The third-order valence-corrected chi connectivity index (χ3v) is 2.86. The lowest BCUT2D eigenvalue weighted by atomic mass is 10.2. The number of rotatable bonds is 2. The summed E-state index contributed by atoms with van der Waals surface area (Å²) in [5.41, 5.74) is 2.62. The molecule has 0 saturated carbocycles. The van der Waals surface area contributed by atoms with Gasteiger partial charge in [-0.1, -0.05) is 58.3 Å². The Morgan fingerprint density at radius 2 is 1.50 bits per heavy atom. The molecule has 0 amide bonds. The molecule has 0 N–H and O–H groups in total. The van der Waals surface area contributed by atoms with Gasteiger partial charge in [0, 0.05) is 10.5 Å². The van der Waals surface area contributed by atoms with Gasteiger partial charge in [0.05, 0.1) is 11.5 Å². The zero-order valence-electron chi connectivity index (χ0n) is 10.5. The molecule has 0 aliphatic heterocycles. The number of nitrogens with zero attached hydrogens (tertiary/aromatic N) is 4. The molecule has 4 nitrogen and oxygen atoms in total. The van der Waals surface area contributed by atoms with Crippen molar-refractivity contribution < 1.29 is 12.4 Å². The Hall–Kier alpha value is -2.64. The SMILES string of the molecule is N#[N+]c1cc(-c2ccccc2)nn1-c1ccccc1.[Cl-]. The summed E-state index contributed by atoms with van der Waals surface area (Å²) >= 11 is 0.